The highest BCUT2D eigenvalue weighted by molar-refractivity contribution is 5.85. The van der Waals surface area contributed by atoms with Crippen LogP contribution >= 0.6 is 24.8 Å². The van der Waals surface area contributed by atoms with Gasteiger partial charge in [-0.25, -0.2) is 0 Å². The minimum atomic E-state index is 0. The summed E-state index contributed by atoms with van der Waals surface area (Å²) in [6, 6.07) is 0. The number of piperidine rings is 1. The Morgan fingerprint density at radius 1 is 1.33 bits per heavy atom. The number of nitrogens with zero attached hydrogens (tertiary/aromatic N) is 1. The molecule has 0 spiro atoms. The topological polar surface area (TPSA) is 53.6 Å². The molecule has 1 amide bonds. The van der Waals surface area contributed by atoms with Gasteiger partial charge in [0.2, 0.25) is 5.91 Å². The van der Waals surface area contributed by atoms with Gasteiger partial charge in [0.15, 0.2) is 0 Å². The number of ether oxygens (including phenoxy) is 1. The second-order valence-corrected chi connectivity index (χ2v) is 5.99. The minimum Gasteiger partial charge on any atom is -0.381 e. The Morgan fingerprint density at radius 3 is 2.52 bits per heavy atom. The van der Waals surface area contributed by atoms with Crippen LogP contribution in [0.4, 0.5) is 0 Å². The van der Waals surface area contributed by atoms with E-state index in [-0.39, 0.29) is 42.2 Å². The van der Waals surface area contributed by atoms with Gasteiger partial charge >= 0.3 is 0 Å². The monoisotopic (exact) mass is 341 g/mol. The van der Waals surface area contributed by atoms with Crippen molar-refractivity contribution in [3.05, 3.63) is 0 Å². The number of rotatable bonds is 4. The van der Waals surface area contributed by atoms with Gasteiger partial charge in [0, 0.05) is 31.8 Å². The zero-order valence-corrected chi connectivity index (χ0v) is 14.7. The molecule has 0 aliphatic carbocycles. The summed E-state index contributed by atoms with van der Waals surface area (Å²) in [6.45, 7) is 4.18. The van der Waals surface area contributed by atoms with Gasteiger partial charge in [0.05, 0.1) is 5.92 Å². The van der Waals surface area contributed by atoms with Gasteiger partial charge in [0.25, 0.3) is 0 Å². The number of nitrogens with one attached hydrogen (secondary N) is 2. The maximum atomic E-state index is 12.2. The molecular weight excluding hydrogens is 313 g/mol. The van der Waals surface area contributed by atoms with Crippen molar-refractivity contribution >= 4 is 30.7 Å². The fourth-order valence-electron chi connectivity index (χ4n) is 3.01. The molecule has 2 rings (SSSR count). The number of amides is 1. The van der Waals surface area contributed by atoms with Crippen LogP contribution in [0.5, 0.6) is 0 Å². The van der Waals surface area contributed by atoms with Gasteiger partial charge in [0.1, 0.15) is 0 Å². The van der Waals surface area contributed by atoms with Crippen LogP contribution in [0, 0.1) is 5.92 Å². The molecule has 21 heavy (non-hydrogen) atoms. The van der Waals surface area contributed by atoms with Crippen molar-refractivity contribution in [3.63, 3.8) is 0 Å². The summed E-state index contributed by atoms with van der Waals surface area (Å²) in [5.41, 5.74) is 0.0655. The number of carbonyl (C=O) groups is 1. The fraction of sp³-hybridized carbons (Fsp3) is 0.929. The van der Waals surface area contributed by atoms with E-state index in [0.29, 0.717) is 0 Å². The summed E-state index contributed by atoms with van der Waals surface area (Å²) in [5, 5.41) is 6.46. The summed E-state index contributed by atoms with van der Waals surface area (Å²) in [7, 11) is 4.19. The van der Waals surface area contributed by atoms with Crippen LogP contribution < -0.4 is 10.6 Å². The second-order valence-electron chi connectivity index (χ2n) is 5.99. The number of hydrogen-bond acceptors (Lipinski definition) is 4. The molecule has 0 aromatic rings. The van der Waals surface area contributed by atoms with Crippen molar-refractivity contribution in [2.75, 3.05) is 46.9 Å². The van der Waals surface area contributed by atoms with E-state index in [1.165, 1.54) is 0 Å². The third-order valence-corrected chi connectivity index (χ3v) is 4.63. The quantitative estimate of drug-likeness (QED) is 0.802. The fourth-order valence-corrected chi connectivity index (χ4v) is 3.01. The average Bonchev–Trinajstić information content (AvgIpc) is 2.46. The molecule has 2 saturated heterocycles. The van der Waals surface area contributed by atoms with E-state index in [1.54, 1.807) is 0 Å². The number of halogens is 2. The summed E-state index contributed by atoms with van der Waals surface area (Å²) >= 11 is 0. The first-order valence-electron chi connectivity index (χ1n) is 7.38. The molecule has 2 aliphatic rings. The summed E-state index contributed by atoms with van der Waals surface area (Å²) < 4.78 is 5.45. The normalized spacial score (nSPS) is 24.6. The van der Waals surface area contributed by atoms with Crippen LogP contribution in [0.2, 0.25) is 0 Å². The van der Waals surface area contributed by atoms with Gasteiger partial charge in [-0.1, -0.05) is 0 Å². The van der Waals surface area contributed by atoms with Crippen LogP contribution in [0.3, 0.4) is 0 Å². The lowest BCUT2D eigenvalue weighted by Crippen LogP contribution is -2.56. The lowest BCUT2D eigenvalue weighted by Gasteiger charge is -2.43. The third-order valence-electron chi connectivity index (χ3n) is 4.63. The highest BCUT2D eigenvalue weighted by Gasteiger charge is 2.35. The van der Waals surface area contributed by atoms with Crippen LogP contribution in [0.1, 0.15) is 25.7 Å². The van der Waals surface area contributed by atoms with E-state index in [4.69, 9.17) is 4.74 Å². The summed E-state index contributed by atoms with van der Waals surface area (Å²) in [6.07, 6.45) is 4.09. The zero-order valence-electron chi connectivity index (χ0n) is 13.0. The molecule has 1 unspecified atom stereocenters. The zero-order chi connectivity index (χ0) is 13.7. The first-order chi connectivity index (χ1) is 9.14. The third kappa shape index (κ3) is 5.57. The minimum absolute atomic E-state index is 0. The molecular formula is C14H29Cl2N3O2. The van der Waals surface area contributed by atoms with E-state index in [0.717, 1.165) is 58.5 Å². The van der Waals surface area contributed by atoms with E-state index >= 15 is 0 Å². The predicted octanol–water partition coefficient (Wildman–Crippen LogP) is 1.06. The van der Waals surface area contributed by atoms with Crippen LogP contribution in [-0.2, 0) is 9.53 Å². The molecule has 0 radical (unpaired) electrons. The molecule has 0 aromatic carbocycles. The molecule has 0 aromatic heterocycles. The molecule has 7 heteroatoms. The maximum Gasteiger partial charge on any atom is 0.224 e. The van der Waals surface area contributed by atoms with Crippen molar-refractivity contribution in [3.8, 4) is 0 Å². The standard InChI is InChI=1S/C14H27N3O2.2ClH/c1-17(2)14(5-8-19-9-6-14)11-16-13(18)12-4-3-7-15-10-12;;/h12,15H,3-11H2,1-2H3,(H,16,18);2*1H. The molecule has 0 bridgehead atoms. The van der Waals surface area contributed by atoms with Gasteiger partial charge in [-0.2, -0.15) is 0 Å². The first kappa shape index (κ1) is 20.9. The number of likely N-dealkylation sites (N-methyl/N-ethyl adjacent to an activating group) is 1. The molecule has 2 heterocycles. The SMILES string of the molecule is CN(C)C1(CNC(=O)C2CCCNC2)CCOCC1.Cl.Cl. The Morgan fingerprint density at radius 2 is 2.00 bits per heavy atom. The first-order valence-corrected chi connectivity index (χ1v) is 7.38. The molecule has 0 saturated carbocycles. The lowest BCUT2D eigenvalue weighted by molar-refractivity contribution is -0.126. The highest BCUT2D eigenvalue weighted by atomic mass is 35.5. The van der Waals surface area contributed by atoms with Gasteiger partial charge in [-0.05, 0) is 46.3 Å². The van der Waals surface area contributed by atoms with Crippen LogP contribution in [0.15, 0.2) is 0 Å². The molecule has 2 fully saturated rings. The van der Waals surface area contributed by atoms with Crippen LogP contribution in [0.25, 0.3) is 0 Å². The van der Waals surface area contributed by atoms with E-state index in [9.17, 15) is 4.79 Å². The average molecular weight is 342 g/mol. The molecule has 2 aliphatic heterocycles. The van der Waals surface area contributed by atoms with Crippen LogP contribution in [-0.4, -0.2) is 63.3 Å². The molecule has 5 nitrogen and oxygen atoms in total. The van der Waals surface area contributed by atoms with Gasteiger partial charge < -0.3 is 20.3 Å². The van der Waals surface area contributed by atoms with Gasteiger partial charge in [-0.15, -0.1) is 24.8 Å². The van der Waals surface area contributed by atoms with E-state index in [1.807, 2.05) is 0 Å². The van der Waals surface area contributed by atoms with E-state index in [2.05, 4.69) is 29.6 Å². The van der Waals surface area contributed by atoms with Crippen molar-refractivity contribution in [1.29, 1.82) is 0 Å². The second kappa shape index (κ2) is 9.85. The van der Waals surface area contributed by atoms with Crippen molar-refractivity contribution in [1.82, 2.24) is 15.5 Å². The Hall–Kier alpha value is -0.0700. The van der Waals surface area contributed by atoms with Crippen molar-refractivity contribution in [2.45, 2.75) is 31.2 Å². The van der Waals surface area contributed by atoms with E-state index < -0.39 is 0 Å². The summed E-state index contributed by atoms with van der Waals surface area (Å²) in [5.74, 6) is 0.354. The molecule has 126 valence electrons. The Balaban J connectivity index is 0.00000200. The maximum absolute atomic E-state index is 12.2. The van der Waals surface area contributed by atoms with Gasteiger partial charge in [-0.3, -0.25) is 4.79 Å². The highest BCUT2D eigenvalue weighted by Crippen LogP contribution is 2.25. The van der Waals surface area contributed by atoms with Crippen molar-refractivity contribution < 1.29 is 9.53 Å². The number of carbonyl (C=O) groups excluding carboxylic acids is 1. The Kier molecular flexibility index (Phi) is 9.81. The largest absolute Gasteiger partial charge is 0.381 e. The Bertz CT molecular complexity index is 305. The van der Waals surface area contributed by atoms with Crippen molar-refractivity contribution in [2.24, 2.45) is 5.92 Å². The number of hydrogen-bond donors (Lipinski definition) is 2. The molecule has 1 atom stereocenters. The predicted molar refractivity (Wildman–Crippen MR) is 89.6 cm³/mol. The summed E-state index contributed by atoms with van der Waals surface area (Å²) in [4.78, 5) is 14.4. The Labute approximate surface area is 140 Å². The molecule has 2 N–H and O–H groups in total. The lowest BCUT2D eigenvalue weighted by atomic mass is 9.88. The smallest absolute Gasteiger partial charge is 0.224 e.